The average Bonchev–Trinajstić information content (AvgIpc) is 3.43. The van der Waals surface area contributed by atoms with E-state index in [-0.39, 0.29) is 17.1 Å². The van der Waals surface area contributed by atoms with Crippen molar-refractivity contribution in [1.82, 2.24) is 30.3 Å². The highest BCUT2D eigenvalue weighted by molar-refractivity contribution is 7.16. The van der Waals surface area contributed by atoms with E-state index in [9.17, 15) is 18.0 Å². The van der Waals surface area contributed by atoms with E-state index in [1.165, 1.54) is 12.4 Å². The number of thiazole rings is 1. The van der Waals surface area contributed by atoms with Crippen LogP contribution in [0.3, 0.4) is 0 Å². The van der Waals surface area contributed by atoms with E-state index in [1.54, 1.807) is 12.4 Å². The van der Waals surface area contributed by atoms with Crippen LogP contribution in [-0.4, -0.2) is 37.4 Å². The lowest BCUT2D eigenvalue weighted by atomic mass is 9.70. The molecule has 1 saturated carbocycles. The molecule has 4 rings (SSSR count). The Kier molecular flexibility index (Phi) is 5.54. The highest BCUT2D eigenvalue weighted by Gasteiger charge is 2.41. The summed E-state index contributed by atoms with van der Waals surface area (Å²) in [6, 6.07) is 3.79. The van der Waals surface area contributed by atoms with E-state index in [1.807, 2.05) is 12.1 Å². The van der Waals surface area contributed by atoms with Crippen LogP contribution in [0, 0.1) is 0 Å². The number of nitrogens with one attached hydrogen (secondary N) is 1. The lowest BCUT2D eigenvalue weighted by Gasteiger charge is -2.37. The first-order valence-corrected chi connectivity index (χ1v) is 10.3. The molecule has 3 aromatic rings. The molecule has 0 aliphatic heterocycles. The fourth-order valence-corrected chi connectivity index (χ4v) is 4.78. The van der Waals surface area contributed by atoms with E-state index < -0.39 is 22.7 Å². The molecule has 0 aromatic carbocycles. The van der Waals surface area contributed by atoms with Crippen molar-refractivity contribution in [2.24, 2.45) is 0 Å². The minimum atomic E-state index is -4.76. The van der Waals surface area contributed by atoms with E-state index >= 15 is 0 Å². The molecule has 3 heterocycles. The minimum Gasteiger partial charge on any atom is -0.350 e. The summed E-state index contributed by atoms with van der Waals surface area (Å²) in [6.45, 7) is 0.238. The van der Waals surface area contributed by atoms with Crippen molar-refractivity contribution in [2.75, 3.05) is 6.54 Å². The molecule has 0 spiro atoms. The predicted octanol–water partition coefficient (Wildman–Crippen LogP) is 3.77. The monoisotopic (exact) mass is 436 g/mol. The lowest BCUT2D eigenvalue weighted by Crippen LogP contribution is -2.42. The molecule has 0 radical (unpaired) electrons. The molecular formula is C19H19F3N6OS. The Hall–Kier alpha value is -2.82. The van der Waals surface area contributed by atoms with Crippen LogP contribution < -0.4 is 5.32 Å². The standard InChI is InChI=1S/C19H19F3N6OS/c20-19(21,22)15-14(30-17(27-15)28-25-9-10-26-28)16(29)24-12-18(6-2-1-3-7-18)13-5-4-8-23-11-13/h4-5,8-11H,1-3,6-7,12H2,(H,24,29). The molecule has 1 aliphatic carbocycles. The number of carbonyl (C=O) groups excluding carboxylic acids is 1. The Labute approximate surface area is 174 Å². The Balaban J connectivity index is 1.60. The molecule has 0 unspecified atom stereocenters. The second-order valence-corrected chi connectivity index (χ2v) is 8.23. The van der Waals surface area contributed by atoms with Gasteiger partial charge in [0, 0.05) is 24.4 Å². The Bertz CT molecular complexity index is 997. The molecule has 7 nitrogen and oxygen atoms in total. The van der Waals surface area contributed by atoms with Gasteiger partial charge < -0.3 is 5.32 Å². The largest absolute Gasteiger partial charge is 0.435 e. The maximum Gasteiger partial charge on any atom is 0.435 e. The van der Waals surface area contributed by atoms with Gasteiger partial charge in [-0.05, 0) is 24.5 Å². The van der Waals surface area contributed by atoms with Crippen LogP contribution in [-0.2, 0) is 11.6 Å². The van der Waals surface area contributed by atoms with Gasteiger partial charge in [0.25, 0.3) is 5.91 Å². The second kappa shape index (κ2) is 8.13. The van der Waals surface area contributed by atoms with Crippen LogP contribution in [0.15, 0.2) is 36.9 Å². The zero-order valence-corrected chi connectivity index (χ0v) is 16.7. The van der Waals surface area contributed by atoms with E-state index in [0.29, 0.717) is 11.3 Å². The molecule has 0 atom stereocenters. The van der Waals surface area contributed by atoms with E-state index in [0.717, 1.165) is 42.5 Å². The number of rotatable bonds is 5. The highest BCUT2D eigenvalue weighted by atomic mass is 32.1. The molecule has 158 valence electrons. The lowest BCUT2D eigenvalue weighted by molar-refractivity contribution is -0.141. The molecule has 0 bridgehead atoms. The van der Waals surface area contributed by atoms with E-state index in [4.69, 9.17) is 0 Å². The number of nitrogens with zero attached hydrogens (tertiary/aromatic N) is 5. The number of carbonyl (C=O) groups is 1. The number of amides is 1. The molecule has 1 fully saturated rings. The fourth-order valence-electron chi connectivity index (χ4n) is 3.86. The van der Waals surface area contributed by atoms with Crippen LogP contribution >= 0.6 is 11.3 Å². The van der Waals surface area contributed by atoms with Crippen LogP contribution in [0.2, 0.25) is 0 Å². The van der Waals surface area contributed by atoms with Crippen LogP contribution in [0.5, 0.6) is 0 Å². The van der Waals surface area contributed by atoms with Gasteiger partial charge in [0.15, 0.2) is 5.69 Å². The third-order valence-corrected chi connectivity index (χ3v) is 6.37. The summed E-state index contributed by atoms with van der Waals surface area (Å²) < 4.78 is 40.5. The van der Waals surface area contributed by atoms with Crippen LogP contribution in [0.4, 0.5) is 13.2 Å². The van der Waals surface area contributed by atoms with Crippen molar-refractivity contribution in [3.8, 4) is 5.13 Å². The topological polar surface area (TPSA) is 85.6 Å². The minimum absolute atomic E-state index is 0.114. The van der Waals surface area contributed by atoms with Gasteiger partial charge in [0.1, 0.15) is 4.88 Å². The fraction of sp³-hybridized carbons (Fsp3) is 0.421. The summed E-state index contributed by atoms with van der Waals surface area (Å²) in [7, 11) is 0. The molecule has 11 heteroatoms. The number of pyridine rings is 1. The first-order valence-electron chi connectivity index (χ1n) is 9.52. The predicted molar refractivity (Wildman–Crippen MR) is 103 cm³/mol. The van der Waals surface area contributed by atoms with Gasteiger partial charge >= 0.3 is 6.18 Å². The molecule has 30 heavy (non-hydrogen) atoms. The maximum atomic E-state index is 13.5. The maximum absolute atomic E-state index is 13.5. The first kappa shape index (κ1) is 20.5. The van der Waals surface area contributed by atoms with Crippen molar-refractivity contribution in [2.45, 2.75) is 43.7 Å². The van der Waals surface area contributed by atoms with Gasteiger partial charge in [-0.2, -0.15) is 23.4 Å². The first-order chi connectivity index (χ1) is 14.4. The molecule has 1 N–H and O–H groups in total. The second-order valence-electron chi connectivity index (χ2n) is 7.26. The summed E-state index contributed by atoms with van der Waals surface area (Å²) in [5.41, 5.74) is -0.569. The average molecular weight is 436 g/mol. The normalized spacial score (nSPS) is 16.4. The number of halogens is 3. The van der Waals surface area contributed by atoms with Gasteiger partial charge in [0.2, 0.25) is 5.13 Å². The van der Waals surface area contributed by atoms with Gasteiger partial charge in [-0.3, -0.25) is 9.78 Å². The summed E-state index contributed by atoms with van der Waals surface area (Å²) in [4.78, 5) is 21.0. The number of hydrogen-bond acceptors (Lipinski definition) is 6. The zero-order valence-electron chi connectivity index (χ0n) is 15.9. The quantitative estimate of drug-likeness (QED) is 0.658. The van der Waals surface area contributed by atoms with Crippen LogP contribution in [0.1, 0.15) is 53.0 Å². The van der Waals surface area contributed by atoms with Gasteiger partial charge in [-0.25, -0.2) is 4.98 Å². The smallest absolute Gasteiger partial charge is 0.350 e. The van der Waals surface area contributed by atoms with Crippen molar-refractivity contribution >= 4 is 17.2 Å². The molecule has 0 saturated heterocycles. The third-order valence-electron chi connectivity index (χ3n) is 5.35. The third kappa shape index (κ3) is 4.07. The summed E-state index contributed by atoms with van der Waals surface area (Å²) in [6.07, 6.45) is 6.12. The van der Waals surface area contributed by atoms with Crippen molar-refractivity contribution in [3.05, 3.63) is 53.1 Å². The molecule has 1 aliphatic rings. The number of alkyl halides is 3. The van der Waals surface area contributed by atoms with Gasteiger partial charge in [-0.15, -0.1) is 4.80 Å². The van der Waals surface area contributed by atoms with Crippen LogP contribution in [0.25, 0.3) is 5.13 Å². The summed E-state index contributed by atoms with van der Waals surface area (Å²) in [5, 5.41) is 10.2. The SMILES string of the molecule is O=C(NCC1(c2cccnc2)CCCCC1)c1sc(-n2nccn2)nc1C(F)(F)F. The van der Waals surface area contributed by atoms with Gasteiger partial charge in [-0.1, -0.05) is 36.7 Å². The zero-order chi connectivity index (χ0) is 21.2. The Morgan fingerprint density at radius 1 is 1.17 bits per heavy atom. The summed E-state index contributed by atoms with van der Waals surface area (Å²) >= 11 is 0.616. The van der Waals surface area contributed by atoms with E-state index in [2.05, 4.69) is 25.5 Å². The van der Waals surface area contributed by atoms with Crippen molar-refractivity contribution < 1.29 is 18.0 Å². The Morgan fingerprint density at radius 2 is 1.90 bits per heavy atom. The van der Waals surface area contributed by atoms with Crippen molar-refractivity contribution in [3.63, 3.8) is 0 Å². The number of aromatic nitrogens is 5. The molecule has 3 aromatic heterocycles. The number of hydrogen-bond donors (Lipinski definition) is 1. The summed E-state index contributed by atoms with van der Waals surface area (Å²) in [5.74, 6) is -0.799. The van der Waals surface area contributed by atoms with Crippen molar-refractivity contribution in [1.29, 1.82) is 0 Å². The highest BCUT2D eigenvalue weighted by Crippen LogP contribution is 2.39. The molecule has 1 amide bonds. The van der Waals surface area contributed by atoms with Gasteiger partial charge in [0.05, 0.1) is 12.4 Å². The Morgan fingerprint density at radius 3 is 2.53 bits per heavy atom. The molecular weight excluding hydrogens is 417 g/mol.